The number of benzene rings is 1. The number of hydrogen-bond acceptors (Lipinski definition) is 1. The highest BCUT2D eigenvalue weighted by Gasteiger charge is 2.27. The van der Waals surface area contributed by atoms with Gasteiger partial charge in [0.25, 0.3) is 0 Å². The van der Waals surface area contributed by atoms with E-state index in [1.807, 2.05) is 24.3 Å². The van der Waals surface area contributed by atoms with Crippen LogP contribution in [0.2, 0.25) is 5.02 Å². The fourth-order valence-electron chi connectivity index (χ4n) is 2.48. The minimum absolute atomic E-state index is 0.0703. The summed E-state index contributed by atoms with van der Waals surface area (Å²) in [4.78, 5) is 12.0. The first-order chi connectivity index (χ1) is 8.70. The highest BCUT2D eigenvalue weighted by Crippen LogP contribution is 2.27. The Hall–Kier alpha value is -0.540. The van der Waals surface area contributed by atoms with Crippen molar-refractivity contribution in [1.29, 1.82) is 0 Å². The molecule has 0 aliphatic heterocycles. The van der Waals surface area contributed by atoms with Crippen LogP contribution in [0.4, 0.5) is 0 Å². The quantitative estimate of drug-likeness (QED) is 0.840. The second kappa shape index (κ2) is 6.58. The molecule has 0 heterocycles. The molecule has 98 valence electrons. The molecule has 2 unspecified atom stereocenters. The molecule has 2 nitrogen and oxygen atoms in total. The first-order valence-electron chi connectivity index (χ1n) is 6.29. The highest BCUT2D eigenvalue weighted by atomic mass is 79.9. The van der Waals surface area contributed by atoms with E-state index in [9.17, 15) is 4.79 Å². The van der Waals surface area contributed by atoms with E-state index in [4.69, 9.17) is 11.6 Å². The van der Waals surface area contributed by atoms with E-state index < -0.39 is 0 Å². The Morgan fingerprint density at radius 1 is 1.39 bits per heavy atom. The monoisotopic (exact) mass is 329 g/mol. The van der Waals surface area contributed by atoms with Crippen molar-refractivity contribution in [3.05, 3.63) is 34.9 Å². The van der Waals surface area contributed by atoms with E-state index in [-0.39, 0.29) is 5.91 Å². The van der Waals surface area contributed by atoms with Crippen molar-refractivity contribution in [1.82, 2.24) is 5.32 Å². The molecule has 0 radical (unpaired) electrons. The lowest BCUT2D eigenvalue weighted by molar-refractivity contribution is -0.121. The summed E-state index contributed by atoms with van der Waals surface area (Å²) in [7, 11) is 0. The number of hydrogen-bond donors (Lipinski definition) is 1. The number of rotatable bonds is 4. The number of amides is 1. The molecule has 0 bridgehead atoms. The Bertz CT molecular complexity index is 424. The first-order valence-corrected chi connectivity index (χ1v) is 7.79. The van der Waals surface area contributed by atoms with Crippen molar-refractivity contribution in [2.45, 2.75) is 31.7 Å². The zero-order valence-electron chi connectivity index (χ0n) is 10.2. The number of alkyl halides is 1. The molecule has 1 aromatic carbocycles. The molecule has 1 fully saturated rings. The molecule has 18 heavy (non-hydrogen) atoms. The van der Waals surface area contributed by atoms with Crippen molar-refractivity contribution >= 4 is 33.4 Å². The SMILES string of the molecule is O=C(Cc1ccccc1Cl)NC1CCCC1CBr. The number of nitrogens with one attached hydrogen (secondary N) is 1. The van der Waals surface area contributed by atoms with Crippen LogP contribution in [0.3, 0.4) is 0 Å². The molecule has 2 rings (SSSR count). The molecule has 2 atom stereocenters. The molecular formula is C14H17BrClNO. The maximum atomic E-state index is 12.0. The summed E-state index contributed by atoms with van der Waals surface area (Å²) in [5.41, 5.74) is 0.894. The van der Waals surface area contributed by atoms with E-state index >= 15 is 0 Å². The van der Waals surface area contributed by atoms with Gasteiger partial charge in [0.2, 0.25) is 5.91 Å². The summed E-state index contributed by atoms with van der Waals surface area (Å²) in [5, 5.41) is 4.75. The Labute approximate surface area is 121 Å². The van der Waals surface area contributed by atoms with Gasteiger partial charge in [-0.15, -0.1) is 0 Å². The number of carbonyl (C=O) groups is 1. The van der Waals surface area contributed by atoms with Crippen molar-refractivity contribution in [3.63, 3.8) is 0 Å². The second-order valence-corrected chi connectivity index (χ2v) is 5.84. The molecular weight excluding hydrogens is 314 g/mol. The molecule has 4 heteroatoms. The zero-order chi connectivity index (χ0) is 13.0. The molecule has 1 saturated carbocycles. The molecule has 1 N–H and O–H groups in total. The van der Waals surface area contributed by atoms with Crippen molar-refractivity contribution in [2.75, 3.05) is 5.33 Å². The lowest BCUT2D eigenvalue weighted by Crippen LogP contribution is -2.38. The lowest BCUT2D eigenvalue weighted by atomic mass is 10.1. The van der Waals surface area contributed by atoms with Gasteiger partial charge < -0.3 is 5.32 Å². The van der Waals surface area contributed by atoms with E-state index in [0.29, 0.717) is 23.4 Å². The van der Waals surface area contributed by atoms with Crippen LogP contribution >= 0.6 is 27.5 Å². The second-order valence-electron chi connectivity index (χ2n) is 4.79. The van der Waals surface area contributed by atoms with Gasteiger partial charge in [-0.2, -0.15) is 0 Å². The fraction of sp³-hybridized carbons (Fsp3) is 0.500. The summed E-state index contributed by atoms with van der Waals surface area (Å²) in [6, 6.07) is 7.83. The highest BCUT2D eigenvalue weighted by molar-refractivity contribution is 9.09. The van der Waals surface area contributed by atoms with Gasteiger partial charge >= 0.3 is 0 Å². The van der Waals surface area contributed by atoms with Crippen molar-refractivity contribution in [3.8, 4) is 0 Å². The minimum Gasteiger partial charge on any atom is -0.353 e. The third-order valence-electron chi connectivity index (χ3n) is 3.51. The Morgan fingerprint density at radius 2 is 2.17 bits per heavy atom. The van der Waals surface area contributed by atoms with E-state index in [0.717, 1.165) is 17.3 Å². The zero-order valence-corrected chi connectivity index (χ0v) is 12.5. The van der Waals surface area contributed by atoms with Crippen LogP contribution in [0.1, 0.15) is 24.8 Å². The topological polar surface area (TPSA) is 29.1 Å². The van der Waals surface area contributed by atoms with Crippen molar-refractivity contribution < 1.29 is 4.79 Å². The van der Waals surface area contributed by atoms with Gasteiger partial charge in [0.15, 0.2) is 0 Å². The average molecular weight is 331 g/mol. The minimum atomic E-state index is 0.0703. The smallest absolute Gasteiger partial charge is 0.224 e. The van der Waals surface area contributed by atoms with Gasteiger partial charge in [-0.3, -0.25) is 4.79 Å². The summed E-state index contributed by atoms with van der Waals surface area (Å²) < 4.78 is 0. The molecule has 0 saturated heterocycles. The largest absolute Gasteiger partial charge is 0.353 e. The number of carbonyl (C=O) groups excluding carboxylic acids is 1. The Morgan fingerprint density at radius 3 is 2.89 bits per heavy atom. The van der Waals surface area contributed by atoms with Crippen molar-refractivity contribution in [2.24, 2.45) is 5.92 Å². The van der Waals surface area contributed by atoms with Crippen LogP contribution in [-0.4, -0.2) is 17.3 Å². The van der Waals surface area contributed by atoms with E-state index in [2.05, 4.69) is 21.2 Å². The third-order valence-corrected chi connectivity index (χ3v) is 4.71. The van der Waals surface area contributed by atoms with E-state index in [1.54, 1.807) is 0 Å². The standard InChI is InChI=1S/C14H17BrClNO/c15-9-11-5-3-7-13(11)17-14(18)8-10-4-1-2-6-12(10)16/h1-2,4,6,11,13H,3,5,7-9H2,(H,17,18). The predicted octanol–water partition coefficient (Wildman–Crippen LogP) is 3.56. The van der Waals surface area contributed by atoms with Gasteiger partial charge in [0.1, 0.15) is 0 Å². The normalized spacial score (nSPS) is 23.0. The summed E-state index contributed by atoms with van der Waals surface area (Å²) in [6.07, 6.45) is 3.85. The maximum Gasteiger partial charge on any atom is 0.224 e. The van der Waals surface area contributed by atoms with Gasteiger partial charge in [-0.25, -0.2) is 0 Å². The predicted molar refractivity (Wildman–Crippen MR) is 78.2 cm³/mol. The maximum absolute atomic E-state index is 12.0. The van der Waals surface area contributed by atoms with E-state index in [1.165, 1.54) is 12.8 Å². The van der Waals surface area contributed by atoms with Crippen LogP contribution in [0.15, 0.2) is 24.3 Å². The first kappa shape index (κ1) is 13.9. The molecule has 1 aliphatic carbocycles. The molecule has 0 spiro atoms. The van der Waals surface area contributed by atoms with Gasteiger partial charge in [-0.1, -0.05) is 52.2 Å². The average Bonchev–Trinajstić information content (AvgIpc) is 2.79. The molecule has 0 aromatic heterocycles. The lowest BCUT2D eigenvalue weighted by Gasteiger charge is -2.19. The summed E-state index contributed by atoms with van der Waals surface area (Å²) in [5.74, 6) is 0.640. The summed E-state index contributed by atoms with van der Waals surface area (Å²) >= 11 is 9.57. The number of halogens is 2. The van der Waals surface area contributed by atoms with Gasteiger partial charge in [0.05, 0.1) is 6.42 Å². The van der Waals surface area contributed by atoms with Gasteiger partial charge in [-0.05, 0) is 30.4 Å². The van der Waals surface area contributed by atoms with Crippen LogP contribution in [0.25, 0.3) is 0 Å². The van der Waals surface area contributed by atoms with Crippen LogP contribution in [0.5, 0.6) is 0 Å². The van der Waals surface area contributed by atoms with Gasteiger partial charge in [0, 0.05) is 16.4 Å². The van der Waals surface area contributed by atoms with Crippen LogP contribution in [0, 0.1) is 5.92 Å². The fourth-order valence-corrected chi connectivity index (χ4v) is 3.46. The third kappa shape index (κ3) is 3.48. The molecule has 1 aromatic rings. The van der Waals surface area contributed by atoms with Crippen LogP contribution in [-0.2, 0) is 11.2 Å². The Balaban J connectivity index is 1.91. The molecule has 1 amide bonds. The summed E-state index contributed by atoms with van der Waals surface area (Å²) in [6.45, 7) is 0. The Kier molecular flexibility index (Phi) is 5.07. The van der Waals surface area contributed by atoms with Crippen LogP contribution < -0.4 is 5.32 Å². The molecule has 1 aliphatic rings.